The van der Waals surface area contributed by atoms with Crippen LogP contribution in [-0.2, 0) is 6.42 Å². The largest absolute Gasteiger partial charge is 0.276 e. The summed E-state index contributed by atoms with van der Waals surface area (Å²) < 4.78 is 14.5. The molecule has 100 valence electrons. The van der Waals surface area contributed by atoms with Gasteiger partial charge in [-0.1, -0.05) is 6.07 Å². The number of nitrogens with zero attached hydrogens (tertiary/aromatic N) is 3. The first-order valence-corrected chi connectivity index (χ1v) is 6.29. The maximum Gasteiger partial charge on any atom is 0.232 e. The lowest BCUT2D eigenvalue weighted by Crippen LogP contribution is -2.09. The third kappa shape index (κ3) is 2.56. The predicted octanol–water partition coefficient (Wildman–Crippen LogP) is 2.84. The van der Waals surface area contributed by atoms with Gasteiger partial charge in [-0.25, -0.2) is 9.37 Å². The molecule has 4 nitrogen and oxygen atoms in total. The Bertz CT molecular complexity index is 753. The van der Waals surface area contributed by atoms with Crippen molar-refractivity contribution < 1.29 is 9.18 Å². The lowest BCUT2D eigenvalue weighted by Gasteiger charge is -2.03. The quantitative estimate of drug-likeness (QED) is 0.734. The van der Waals surface area contributed by atoms with Crippen molar-refractivity contribution in [3.8, 4) is 0 Å². The molecule has 0 aliphatic heterocycles. The van der Waals surface area contributed by atoms with Crippen LogP contribution in [-0.4, -0.2) is 20.4 Å². The van der Waals surface area contributed by atoms with E-state index < -0.39 is 0 Å². The van der Waals surface area contributed by atoms with Gasteiger partial charge in [0.15, 0.2) is 0 Å². The number of imidazole rings is 1. The average molecular weight is 269 g/mol. The fraction of sp³-hybridized carbons (Fsp3) is 0.133. The molecule has 0 bridgehead atoms. The number of benzene rings is 1. The second kappa shape index (κ2) is 5.21. The number of carbonyl (C=O) groups is 1. The lowest BCUT2D eigenvalue weighted by atomic mass is 10.1. The summed E-state index contributed by atoms with van der Waals surface area (Å²) in [5.74, 6) is -0.300. The van der Waals surface area contributed by atoms with Crippen molar-refractivity contribution in [1.29, 1.82) is 0 Å². The number of aromatic nitrogens is 3. The molecule has 0 saturated heterocycles. The Hall–Kier alpha value is -2.56. The lowest BCUT2D eigenvalue weighted by molar-refractivity contribution is 0.0902. The number of hydrogen-bond acceptors (Lipinski definition) is 3. The SMILES string of the molecule is O=C(CCc1ccc2cc(F)ccc2n1)n1ccnc1. The molecule has 0 saturated carbocycles. The van der Waals surface area contributed by atoms with E-state index in [9.17, 15) is 9.18 Å². The standard InChI is InChI=1S/C15H12FN3O/c16-12-2-5-14-11(9-12)1-3-13(18-14)4-6-15(20)19-8-7-17-10-19/h1-3,5,7-10H,4,6H2. The van der Waals surface area contributed by atoms with E-state index in [4.69, 9.17) is 0 Å². The predicted molar refractivity (Wildman–Crippen MR) is 72.9 cm³/mol. The zero-order valence-corrected chi connectivity index (χ0v) is 10.7. The minimum atomic E-state index is -0.276. The maximum atomic E-state index is 13.1. The molecule has 3 aromatic rings. The van der Waals surface area contributed by atoms with Gasteiger partial charge in [-0.2, -0.15) is 0 Å². The summed E-state index contributed by atoms with van der Waals surface area (Å²) in [5, 5.41) is 0.759. The third-order valence-corrected chi connectivity index (χ3v) is 3.10. The summed E-state index contributed by atoms with van der Waals surface area (Å²) >= 11 is 0. The van der Waals surface area contributed by atoms with E-state index in [2.05, 4.69) is 9.97 Å². The van der Waals surface area contributed by atoms with Crippen molar-refractivity contribution in [2.24, 2.45) is 0 Å². The van der Waals surface area contributed by atoms with E-state index in [1.165, 1.54) is 23.0 Å². The summed E-state index contributed by atoms with van der Waals surface area (Å²) in [4.78, 5) is 20.1. The van der Waals surface area contributed by atoms with E-state index in [1.54, 1.807) is 18.5 Å². The van der Waals surface area contributed by atoms with Gasteiger partial charge in [-0.15, -0.1) is 0 Å². The van der Waals surface area contributed by atoms with Crippen molar-refractivity contribution in [3.63, 3.8) is 0 Å². The number of rotatable bonds is 3. The zero-order chi connectivity index (χ0) is 13.9. The maximum absolute atomic E-state index is 13.1. The highest BCUT2D eigenvalue weighted by molar-refractivity contribution is 5.80. The van der Waals surface area contributed by atoms with Gasteiger partial charge in [0.2, 0.25) is 5.91 Å². The second-order valence-corrected chi connectivity index (χ2v) is 4.50. The van der Waals surface area contributed by atoms with Crippen LogP contribution in [0.2, 0.25) is 0 Å². The highest BCUT2D eigenvalue weighted by Crippen LogP contribution is 2.15. The van der Waals surface area contributed by atoms with E-state index in [0.29, 0.717) is 12.8 Å². The van der Waals surface area contributed by atoms with Gasteiger partial charge in [-0.3, -0.25) is 14.3 Å². The number of fused-ring (bicyclic) bond motifs is 1. The first kappa shape index (κ1) is 12.5. The Morgan fingerprint density at radius 1 is 1.25 bits per heavy atom. The van der Waals surface area contributed by atoms with Gasteiger partial charge in [0.25, 0.3) is 0 Å². The van der Waals surface area contributed by atoms with Gasteiger partial charge >= 0.3 is 0 Å². The summed E-state index contributed by atoms with van der Waals surface area (Å²) in [6.45, 7) is 0. The highest BCUT2D eigenvalue weighted by Gasteiger charge is 2.06. The Labute approximate surface area is 114 Å². The molecule has 0 aliphatic rings. The molecule has 0 spiro atoms. The molecule has 0 unspecified atom stereocenters. The van der Waals surface area contributed by atoms with Crippen LogP contribution in [0.3, 0.4) is 0 Å². The first-order chi connectivity index (χ1) is 9.72. The fourth-order valence-electron chi connectivity index (χ4n) is 2.05. The molecule has 0 radical (unpaired) electrons. The van der Waals surface area contributed by atoms with Crippen molar-refractivity contribution in [2.45, 2.75) is 12.8 Å². The van der Waals surface area contributed by atoms with Crippen LogP contribution in [0.15, 0.2) is 49.1 Å². The smallest absolute Gasteiger partial charge is 0.232 e. The molecule has 2 aromatic heterocycles. The summed E-state index contributed by atoms with van der Waals surface area (Å²) in [7, 11) is 0. The number of pyridine rings is 1. The van der Waals surface area contributed by atoms with Crippen LogP contribution in [0.1, 0.15) is 16.9 Å². The summed E-state index contributed by atoms with van der Waals surface area (Å²) in [6, 6.07) is 8.12. The van der Waals surface area contributed by atoms with Crippen molar-refractivity contribution in [1.82, 2.24) is 14.5 Å². The highest BCUT2D eigenvalue weighted by atomic mass is 19.1. The molecule has 0 fully saturated rings. The molecule has 3 rings (SSSR count). The summed E-state index contributed by atoms with van der Waals surface area (Å²) in [6.07, 6.45) is 5.58. The number of hydrogen-bond donors (Lipinski definition) is 0. The Balaban J connectivity index is 1.75. The molecule has 1 aromatic carbocycles. The van der Waals surface area contributed by atoms with Gasteiger partial charge < -0.3 is 0 Å². The second-order valence-electron chi connectivity index (χ2n) is 4.50. The van der Waals surface area contributed by atoms with E-state index >= 15 is 0 Å². The fourth-order valence-corrected chi connectivity index (χ4v) is 2.05. The van der Waals surface area contributed by atoms with Crippen LogP contribution in [0.5, 0.6) is 0 Å². The Morgan fingerprint density at radius 3 is 2.95 bits per heavy atom. The molecule has 20 heavy (non-hydrogen) atoms. The molecular weight excluding hydrogens is 257 g/mol. The molecular formula is C15H12FN3O. The monoisotopic (exact) mass is 269 g/mol. The molecule has 0 aliphatic carbocycles. The number of aryl methyl sites for hydroxylation is 1. The van der Waals surface area contributed by atoms with Crippen LogP contribution >= 0.6 is 0 Å². The molecule has 2 heterocycles. The summed E-state index contributed by atoms with van der Waals surface area (Å²) in [5.41, 5.74) is 1.55. The van der Waals surface area contributed by atoms with Crippen molar-refractivity contribution in [2.75, 3.05) is 0 Å². The van der Waals surface area contributed by atoms with Crippen LogP contribution < -0.4 is 0 Å². The van der Waals surface area contributed by atoms with Gasteiger partial charge in [0.05, 0.1) is 5.52 Å². The van der Waals surface area contributed by atoms with Gasteiger partial charge in [0, 0.05) is 29.9 Å². The van der Waals surface area contributed by atoms with E-state index in [-0.39, 0.29) is 11.7 Å². The van der Waals surface area contributed by atoms with Crippen molar-refractivity contribution in [3.05, 3.63) is 60.6 Å². The van der Waals surface area contributed by atoms with Gasteiger partial charge in [0.1, 0.15) is 12.1 Å². The van der Waals surface area contributed by atoms with Gasteiger partial charge in [-0.05, 0) is 30.7 Å². The van der Waals surface area contributed by atoms with E-state index in [0.717, 1.165) is 16.6 Å². The van der Waals surface area contributed by atoms with Crippen LogP contribution in [0.4, 0.5) is 4.39 Å². The molecule has 0 N–H and O–H groups in total. The van der Waals surface area contributed by atoms with Crippen LogP contribution in [0.25, 0.3) is 10.9 Å². The average Bonchev–Trinajstić information content (AvgIpc) is 2.99. The Morgan fingerprint density at radius 2 is 2.15 bits per heavy atom. The topological polar surface area (TPSA) is 47.8 Å². The molecule has 0 amide bonds. The normalized spacial score (nSPS) is 10.8. The first-order valence-electron chi connectivity index (χ1n) is 6.29. The molecule has 0 atom stereocenters. The molecule has 5 heteroatoms. The minimum absolute atomic E-state index is 0.0245. The Kier molecular flexibility index (Phi) is 3.25. The van der Waals surface area contributed by atoms with E-state index in [1.807, 2.05) is 12.1 Å². The number of halogens is 1. The van der Waals surface area contributed by atoms with Crippen LogP contribution in [0, 0.1) is 5.82 Å². The third-order valence-electron chi connectivity index (χ3n) is 3.10. The minimum Gasteiger partial charge on any atom is -0.276 e. The zero-order valence-electron chi connectivity index (χ0n) is 10.7. The van der Waals surface area contributed by atoms with Crippen molar-refractivity contribution >= 4 is 16.8 Å². The number of carbonyl (C=O) groups excluding carboxylic acids is 1.